The molecule has 4 rings (SSSR count). The number of aromatic nitrogens is 2. The van der Waals surface area contributed by atoms with Crippen LogP contribution in [-0.2, 0) is 12.0 Å². The van der Waals surface area contributed by atoms with Gasteiger partial charge in [0, 0.05) is 17.8 Å². The van der Waals surface area contributed by atoms with Crippen LogP contribution in [0.5, 0.6) is 5.75 Å². The molecule has 1 saturated carbocycles. The fourth-order valence-electron chi connectivity index (χ4n) is 3.71. The third-order valence-electron chi connectivity index (χ3n) is 6.06. The van der Waals surface area contributed by atoms with Crippen molar-refractivity contribution in [2.45, 2.75) is 59.4 Å². The van der Waals surface area contributed by atoms with Gasteiger partial charge in [0.1, 0.15) is 5.56 Å². The van der Waals surface area contributed by atoms with Gasteiger partial charge in [-0.3, -0.25) is 4.79 Å². The first kappa shape index (κ1) is 22.3. The Kier molecular flexibility index (Phi) is 6.27. The van der Waals surface area contributed by atoms with Crippen molar-refractivity contribution < 1.29 is 14.6 Å². The number of rotatable bonds is 5. The number of carboxylic acids is 1. The fourth-order valence-corrected chi connectivity index (χ4v) is 3.91. The number of hydrogen-bond acceptors (Lipinski definition) is 4. The number of aromatic carboxylic acids is 1. The lowest BCUT2D eigenvalue weighted by Gasteiger charge is -2.42. The molecular weight excluding hydrogens is 404 g/mol. The molecule has 2 aromatic heterocycles. The largest absolute Gasteiger partial charge is 0.490 e. The quantitative estimate of drug-likeness (QED) is 0.672. The number of ether oxygens (including phenoxy) is 1. The third-order valence-corrected chi connectivity index (χ3v) is 6.33. The van der Waals surface area contributed by atoms with E-state index in [0.717, 1.165) is 5.56 Å². The molecule has 30 heavy (non-hydrogen) atoms. The number of carboxylic acid groups (broad SMARTS) is 1. The van der Waals surface area contributed by atoms with Gasteiger partial charge in [-0.05, 0) is 49.7 Å². The molecule has 1 aliphatic heterocycles. The van der Waals surface area contributed by atoms with E-state index in [-0.39, 0.29) is 16.6 Å². The van der Waals surface area contributed by atoms with E-state index in [1.807, 2.05) is 24.5 Å². The second-order valence-corrected chi connectivity index (χ2v) is 8.70. The zero-order chi connectivity index (χ0) is 22.2. The highest BCUT2D eigenvalue weighted by molar-refractivity contribution is 6.31. The van der Waals surface area contributed by atoms with Crippen LogP contribution in [-0.4, -0.2) is 27.2 Å². The number of nitrogens with zero attached hydrogens (tertiary/aromatic N) is 2. The zero-order valence-electron chi connectivity index (χ0n) is 18.2. The van der Waals surface area contributed by atoms with Crippen molar-refractivity contribution in [2.24, 2.45) is 11.8 Å². The number of fused-ring (bicyclic) bond motifs is 3. The summed E-state index contributed by atoms with van der Waals surface area (Å²) in [6.45, 7) is 10.9. The van der Waals surface area contributed by atoms with Crippen LogP contribution < -0.4 is 10.2 Å². The van der Waals surface area contributed by atoms with Gasteiger partial charge >= 0.3 is 5.97 Å². The van der Waals surface area contributed by atoms with E-state index in [0.29, 0.717) is 36.1 Å². The minimum Gasteiger partial charge on any atom is -0.490 e. The molecule has 7 heteroatoms. The van der Waals surface area contributed by atoms with E-state index >= 15 is 0 Å². The smallest absolute Gasteiger partial charge is 0.341 e. The first-order valence-electron chi connectivity index (χ1n) is 10.5. The Hall–Kier alpha value is -2.34. The second-order valence-electron chi connectivity index (χ2n) is 8.34. The van der Waals surface area contributed by atoms with Crippen molar-refractivity contribution in [3.8, 4) is 17.1 Å². The lowest BCUT2D eigenvalue weighted by atomic mass is 9.78. The van der Waals surface area contributed by atoms with Crippen LogP contribution in [0.4, 0.5) is 0 Å². The van der Waals surface area contributed by atoms with Crippen molar-refractivity contribution in [3.63, 3.8) is 0 Å². The van der Waals surface area contributed by atoms with Crippen molar-refractivity contribution in [2.75, 3.05) is 6.61 Å². The Bertz CT molecular complexity index is 1030. The Labute approximate surface area is 181 Å². The van der Waals surface area contributed by atoms with Crippen LogP contribution in [0.1, 0.15) is 63.4 Å². The molecule has 3 heterocycles. The van der Waals surface area contributed by atoms with Crippen LogP contribution >= 0.6 is 11.6 Å². The van der Waals surface area contributed by atoms with E-state index in [9.17, 15) is 14.7 Å². The molecule has 2 aliphatic rings. The molecular formula is C23H29ClN2O4. The van der Waals surface area contributed by atoms with Gasteiger partial charge in [0.05, 0.1) is 18.0 Å². The maximum absolute atomic E-state index is 12.4. The molecule has 0 spiro atoms. The summed E-state index contributed by atoms with van der Waals surface area (Å²) in [5.74, 6) is 0.125. The summed E-state index contributed by atoms with van der Waals surface area (Å²) in [4.78, 5) is 28.4. The number of carbonyl (C=O) groups is 1. The van der Waals surface area contributed by atoms with Gasteiger partial charge in [-0.1, -0.05) is 39.3 Å². The fraction of sp³-hybridized carbons (Fsp3) is 0.522. The average Bonchev–Trinajstić information content (AvgIpc) is 3.52. The number of halogens is 1. The molecule has 0 amide bonds. The number of pyridine rings is 2. The van der Waals surface area contributed by atoms with Gasteiger partial charge in [-0.2, -0.15) is 0 Å². The molecule has 1 fully saturated rings. The predicted molar refractivity (Wildman–Crippen MR) is 118 cm³/mol. The van der Waals surface area contributed by atoms with Crippen molar-refractivity contribution >= 4 is 17.6 Å². The van der Waals surface area contributed by atoms with Gasteiger partial charge in [-0.25, -0.2) is 9.78 Å². The Balaban J connectivity index is 0.00000124. The molecule has 0 saturated heterocycles. The van der Waals surface area contributed by atoms with E-state index in [1.54, 1.807) is 0 Å². The molecule has 1 aliphatic carbocycles. The SMILES string of the molecule is CC.CC(C)C1(C)Cc2cc(OCC3CC3)c(Cl)nc2-c2cc(=O)c(C(=O)O)cn21. The molecule has 162 valence electrons. The highest BCUT2D eigenvalue weighted by atomic mass is 35.5. The van der Waals surface area contributed by atoms with E-state index in [2.05, 4.69) is 25.8 Å². The first-order valence-corrected chi connectivity index (χ1v) is 10.9. The van der Waals surface area contributed by atoms with Crippen LogP contribution in [0.3, 0.4) is 0 Å². The Morgan fingerprint density at radius 2 is 2.03 bits per heavy atom. The van der Waals surface area contributed by atoms with Crippen LogP contribution in [0.15, 0.2) is 23.1 Å². The highest BCUT2D eigenvalue weighted by Crippen LogP contribution is 2.43. The normalized spacial score (nSPS) is 19.4. The van der Waals surface area contributed by atoms with E-state index in [1.165, 1.54) is 25.1 Å². The minimum absolute atomic E-state index is 0.190. The summed E-state index contributed by atoms with van der Waals surface area (Å²) < 4.78 is 7.75. The predicted octanol–water partition coefficient (Wildman–Crippen LogP) is 5.00. The average molecular weight is 433 g/mol. The van der Waals surface area contributed by atoms with Crippen LogP contribution in [0.25, 0.3) is 11.4 Å². The monoisotopic (exact) mass is 432 g/mol. The second kappa shape index (κ2) is 8.42. The standard InChI is InChI=1S/C21H23ClN2O4.C2H6/c1-11(2)21(3)8-13-6-17(28-10-12-4-5-12)19(22)23-18(13)15-7-16(25)14(20(26)27)9-24(15)21;1-2/h6-7,9,11-12H,4-5,8,10H2,1-3H3,(H,26,27);1-2H3. The lowest BCUT2D eigenvalue weighted by Crippen LogP contribution is -2.43. The molecule has 1 atom stereocenters. The maximum Gasteiger partial charge on any atom is 0.341 e. The summed E-state index contributed by atoms with van der Waals surface area (Å²) >= 11 is 6.37. The van der Waals surface area contributed by atoms with Gasteiger partial charge in [0.25, 0.3) is 0 Å². The lowest BCUT2D eigenvalue weighted by molar-refractivity contribution is 0.0693. The summed E-state index contributed by atoms with van der Waals surface area (Å²) in [7, 11) is 0. The van der Waals surface area contributed by atoms with Gasteiger partial charge in [0.2, 0.25) is 0 Å². The van der Waals surface area contributed by atoms with Crippen LogP contribution in [0, 0.1) is 11.8 Å². The van der Waals surface area contributed by atoms with E-state index < -0.39 is 16.9 Å². The molecule has 0 bridgehead atoms. The van der Waals surface area contributed by atoms with Gasteiger partial charge in [-0.15, -0.1) is 0 Å². The van der Waals surface area contributed by atoms with Crippen molar-refractivity contribution in [3.05, 3.63) is 44.8 Å². The van der Waals surface area contributed by atoms with Crippen molar-refractivity contribution in [1.82, 2.24) is 9.55 Å². The van der Waals surface area contributed by atoms with E-state index in [4.69, 9.17) is 16.3 Å². The summed E-state index contributed by atoms with van der Waals surface area (Å²) in [6, 6.07) is 3.28. The van der Waals surface area contributed by atoms with Gasteiger partial charge in [0.15, 0.2) is 16.3 Å². The van der Waals surface area contributed by atoms with Crippen molar-refractivity contribution in [1.29, 1.82) is 0 Å². The minimum atomic E-state index is -1.23. The molecule has 1 unspecified atom stereocenters. The molecule has 2 aromatic rings. The summed E-state index contributed by atoms with van der Waals surface area (Å²) in [6.07, 6.45) is 4.45. The third kappa shape index (κ3) is 3.97. The number of hydrogen-bond donors (Lipinski definition) is 1. The van der Waals surface area contributed by atoms with Crippen LogP contribution in [0.2, 0.25) is 5.15 Å². The Morgan fingerprint density at radius 3 is 2.60 bits per heavy atom. The maximum atomic E-state index is 12.4. The molecule has 0 aromatic carbocycles. The first-order chi connectivity index (χ1) is 14.2. The molecule has 1 N–H and O–H groups in total. The van der Waals surface area contributed by atoms with Gasteiger partial charge < -0.3 is 14.4 Å². The summed E-state index contributed by atoms with van der Waals surface area (Å²) in [5, 5.41) is 9.65. The molecule has 6 nitrogen and oxygen atoms in total. The zero-order valence-corrected chi connectivity index (χ0v) is 18.9. The molecule has 0 radical (unpaired) electrons. The highest BCUT2D eigenvalue weighted by Gasteiger charge is 2.38. The summed E-state index contributed by atoms with van der Waals surface area (Å²) in [5.41, 5.74) is 0.955. The topological polar surface area (TPSA) is 81.4 Å². The Morgan fingerprint density at radius 1 is 1.37 bits per heavy atom.